The molecule has 0 saturated heterocycles. The summed E-state index contributed by atoms with van der Waals surface area (Å²) in [5.74, 6) is 7.43. The highest BCUT2D eigenvalue weighted by Gasteiger charge is 2.10. The monoisotopic (exact) mass is 316 g/mol. The number of rotatable bonds is 4. The molecule has 21 heavy (non-hydrogen) atoms. The van der Waals surface area contributed by atoms with Gasteiger partial charge in [-0.1, -0.05) is 30.3 Å². The van der Waals surface area contributed by atoms with Gasteiger partial charge in [-0.25, -0.2) is 20.8 Å². The average Bonchev–Trinajstić information content (AvgIpc) is 2.93. The molecule has 0 unspecified atom stereocenters. The molecule has 0 aliphatic heterocycles. The summed E-state index contributed by atoms with van der Waals surface area (Å²) in [6.07, 6.45) is 0. The summed E-state index contributed by atoms with van der Waals surface area (Å²) in [7, 11) is 0. The van der Waals surface area contributed by atoms with Crippen LogP contribution in [0.5, 0.6) is 0 Å². The van der Waals surface area contributed by atoms with Crippen LogP contribution in [0.15, 0.2) is 45.8 Å². The fourth-order valence-electron chi connectivity index (χ4n) is 1.68. The number of hydrogen-bond donors (Lipinski definition) is 2. The number of hydrazine groups is 1. The topological polar surface area (TPSA) is 89.6 Å². The molecule has 0 atom stereocenters. The molecule has 0 bridgehead atoms. The molecule has 3 aromatic rings. The maximum Gasteiger partial charge on any atom is 0.176 e. The van der Waals surface area contributed by atoms with Gasteiger partial charge >= 0.3 is 0 Å². The predicted octanol–water partition coefficient (Wildman–Crippen LogP) is 2.74. The SMILES string of the molecule is Cc1nsc(Sc2cc(NN)nc(-c3ccccc3)n2)n1. The Balaban J connectivity index is 1.97. The second kappa shape index (κ2) is 6.17. The standard InChI is InChI=1S/C13H12N6S2/c1-8-15-13(21-19-8)20-11-7-10(18-14)16-12(17-11)9-5-3-2-4-6-9/h2-7H,14H2,1H3,(H,16,17,18). The lowest BCUT2D eigenvalue weighted by atomic mass is 10.2. The van der Waals surface area contributed by atoms with Gasteiger partial charge in [0.05, 0.1) is 0 Å². The van der Waals surface area contributed by atoms with Crippen LogP contribution >= 0.6 is 23.3 Å². The minimum Gasteiger partial charge on any atom is -0.308 e. The van der Waals surface area contributed by atoms with Crippen molar-refractivity contribution in [2.75, 3.05) is 5.43 Å². The van der Waals surface area contributed by atoms with E-state index >= 15 is 0 Å². The van der Waals surface area contributed by atoms with Crippen molar-refractivity contribution in [3.8, 4) is 11.4 Å². The van der Waals surface area contributed by atoms with Crippen molar-refractivity contribution in [2.45, 2.75) is 16.3 Å². The lowest BCUT2D eigenvalue weighted by molar-refractivity contribution is 1.04. The van der Waals surface area contributed by atoms with Gasteiger partial charge in [0, 0.05) is 11.6 Å². The summed E-state index contributed by atoms with van der Waals surface area (Å²) in [4.78, 5) is 13.2. The third kappa shape index (κ3) is 3.35. The molecule has 6 nitrogen and oxygen atoms in total. The number of aromatic nitrogens is 4. The number of hydrogen-bond acceptors (Lipinski definition) is 8. The van der Waals surface area contributed by atoms with E-state index in [4.69, 9.17) is 5.84 Å². The summed E-state index contributed by atoms with van der Waals surface area (Å²) >= 11 is 2.79. The maximum atomic E-state index is 5.49. The van der Waals surface area contributed by atoms with Crippen LogP contribution in [0.3, 0.4) is 0 Å². The molecule has 3 rings (SSSR count). The van der Waals surface area contributed by atoms with Gasteiger partial charge in [0.15, 0.2) is 10.2 Å². The molecule has 0 aliphatic rings. The number of nitrogen functional groups attached to an aromatic ring is 1. The molecule has 3 N–H and O–H groups in total. The molecule has 8 heteroatoms. The number of anilines is 1. The molecule has 2 heterocycles. The van der Waals surface area contributed by atoms with E-state index in [1.807, 2.05) is 37.3 Å². The van der Waals surface area contributed by atoms with Gasteiger partial charge in [-0.15, -0.1) is 0 Å². The van der Waals surface area contributed by atoms with Crippen molar-refractivity contribution in [1.82, 2.24) is 19.3 Å². The van der Waals surface area contributed by atoms with Crippen LogP contribution in [0.4, 0.5) is 5.82 Å². The van der Waals surface area contributed by atoms with Gasteiger partial charge in [0.1, 0.15) is 16.7 Å². The van der Waals surface area contributed by atoms with Gasteiger partial charge in [-0.05, 0) is 30.2 Å². The number of nitrogens with zero attached hydrogens (tertiary/aromatic N) is 4. The summed E-state index contributed by atoms with van der Waals surface area (Å²) in [6.45, 7) is 1.86. The van der Waals surface area contributed by atoms with E-state index in [-0.39, 0.29) is 0 Å². The fourth-order valence-corrected chi connectivity index (χ4v) is 3.28. The Kier molecular flexibility index (Phi) is 4.09. The van der Waals surface area contributed by atoms with Crippen LogP contribution in [0.1, 0.15) is 5.82 Å². The first-order valence-corrected chi connectivity index (χ1v) is 7.73. The van der Waals surface area contributed by atoms with E-state index in [9.17, 15) is 0 Å². The van der Waals surface area contributed by atoms with Crippen molar-refractivity contribution in [3.63, 3.8) is 0 Å². The molecule has 0 radical (unpaired) electrons. The minimum atomic E-state index is 0.563. The van der Waals surface area contributed by atoms with Crippen molar-refractivity contribution >= 4 is 29.1 Å². The van der Waals surface area contributed by atoms with Gasteiger partial charge in [0.25, 0.3) is 0 Å². The van der Waals surface area contributed by atoms with E-state index in [0.717, 1.165) is 20.8 Å². The number of nitrogens with two attached hydrogens (primary N) is 1. The zero-order chi connectivity index (χ0) is 14.7. The first-order valence-electron chi connectivity index (χ1n) is 6.14. The molecule has 0 spiro atoms. The van der Waals surface area contributed by atoms with Gasteiger partial charge < -0.3 is 5.43 Å². The van der Waals surface area contributed by atoms with Crippen LogP contribution in [0.2, 0.25) is 0 Å². The zero-order valence-corrected chi connectivity index (χ0v) is 12.8. The number of nitrogens with one attached hydrogen (secondary N) is 1. The number of benzene rings is 1. The maximum absolute atomic E-state index is 5.49. The normalized spacial score (nSPS) is 10.6. The average molecular weight is 316 g/mol. The highest BCUT2D eigenvalue weighted by molar-refractivity contribution is 8.00. The predicted molar refractivity (Wildman–Crippen MR) is 84.0 cm³/mol. The molecule has 0 saturated carbocycles. The fraction of sp³-hybridized carbons (Fsp3) is 0.0769. The number of aryl methyl sites for hydroxylation is 1. The lowest BCUT2D eigenvalue weighted by Gasteiger charge is -2.06. The lowest BCUT2D eigenvalue weighted by Crippen LogP contribution is -2.09. The molecular weight excluding hydrogens is 304 g/mol. The molecule has 0 aliphatic carbocycles. The van der Waals surface area contributed by atoms with E-state index in [0.29, 0.717) is 11.6 Å². The molecule has 0 amide bonds. The minimum absolute atomic E-state index is 0.563. The Morgan fingerprint density at radius 2 is 1.95 bits per heavy atom. The first kappa shape index (κ1) is 13.9. The summed E-state index contributed by atoms with van der Waals surface area (Å²) in [5.41, 5.74) is 3.51. The third-order valence-electron chi connectivity index (χ3n) is 2.58. The highest BCUT2D eigenvalue weighted by Crippen LogP contribution is 2.30. The molecular formula is C13H12N6S2. The Bertz CT molecular complexity index is 743. The van der Waals surface area contributed by atoms with Crippen molar-refractivity contribution in [2.24, 2.45) is 5.84 Å². The van der Waals surface area contributed by atoms with E-state index in [2.05, 4.69) is 24.8 Å². The van der Waals surface area contributed by atoms with Crippen molar-refractivity contribution < 1.29 is 0 Å². The second-order valence-electron chi connectivity index (χ2n) is 4.13. The van der Waals surface area contributed by atoms with Crippen LogP contribution in [0, 0.1) is 6.92 Å². The Labute approximate surface area is 130 Å². The Morgan fingerprint density at radius 1 is 1.14 bits per heavy atom. The van der Waals surface area contributed by atoms with Gasteiger partial charge in [-0.3, -0.25) is 0 Å². The van der Waals surface area contributed by atoms with Crippen LogP contribution in [-0.2, 0) is 0 Å². The summed E-state index contributed by atoms with van der Waals surface area (Å²) < 4.78 is 5.00. The largest absolute Gasteiger partial charge is 0.308 e. The van der Waals surface area contributed by atoms with E-state index < -0.39 is 0 Å². The molecule has 1 aromatic carbocycles. The highest BCUT2D eigenvalue weighted by atomic mass is 32.2. The smallest absolute Gasteiger partial charge is 0.176 e. The summed E-state index contributed by atoms with van der Waals surface area (Å²) in [5, 5.41) is 0.771. The van der Waals surface area contributed by atoms with Crippen molar-refractivity contribution in [3.05, 3.63) is 42.2 Å². The molecule has 0 fully saturated rings. The first-order chi connectivity index (χ1) is 10.2. The quantitative estimate of drug-likeness (QED) is 0.434. The van der Waals surface area contributed by atoms with Crippen LogP contribution in [-0.4, -0.2) is 19.3 Å². The van der Waals surface area contributed by atoms with E-state index in [1.165, 1.54) is 23.3 Å². The Hall–Kier alpha value is -2.03. The summed E-state index contributed by atoms with van der Waals surface area (Å²) in [6, 6.07) is 11.5. The third-order valence-corrected chi connectivity index (χ3v) is 4.34. The van der Waals surface area contributed by atoms with Crippen LogP contribution in [0.25, 0.3) is 11.4 Å². The van der Waals surface area contributed by atoms with Gasteiger partial charge in [0.2, 0.25) is 0 Å². The second-order valence-corrected chi connectivity index (χ2v) is 6.15. The van der Waals surface area contributed by atoms with Crippen LogP contribution < -0.4 is 11.3 Å². The Morgan fingerprint density at radius 3 is 2.62 bits per heavy atom. The van der Waals surface area contributed by atoms with E-state index in [1.54, 1.807) is 6.07 Å². The van der Waals surface area contributed by atoms with Gasteiger partial charge in [-0.2, -0.15) is 4.37 Å². The molecule has 2 aromatic heterocycles. The van der Waals surface area contributed by atoms with Crippen molar-refractivity contribution in [1.29, 1.82) is 0 Å². The zero-order valence-electron chi connectivity index (χ0n) is 11.1. The molecule has 106 valence electrons.